The molecule has 0 bridgehead atoms. The SMILES string of the molecule is CCOc1ccc(CN2CCC(c3nnc4n3CCNC4)CC2)cc1F.Cl. The molecule has 148 valence electrons. The van der Waals surface area contributed by atoms with E-state index in [1.54, 1.807) is 12.1 Å². The molecular formula is C19H27ClFN5O. The molecule has 3 heterocycles. The molecule has 0 amide bonds. The first kappa shape index (κ1) is 20.0. The van der Waals surface area contributed by atoms with Crippen LogP contribution in [0.15, 0.2) is 18.2 Å². The first-order valence-electron chi connectivity index (χ1n) is 9.51. The van der Waals surface area contributed by atoms with E-state index in [1.165, 1.54) is 0 Å². The van der Waals surface area contributed by atoms with E-state index in [2.05, 4.69) is 25.0 Å². The van der Waals surface area contributed by atoms with Gasteiger partial charge in [-0.2, -0.15) is 0 Å². The Morgan fingerprint density at radius 3 is 2.78 bits per heavy atom. The van der Waals surface area contributed by atoms with Gasteiger partial charge in [0.05, 0.1) is 13.2 Å². The number of halogens is 2. The lowest BCUT2D eigenvalue weighted by atomic mass is 9.95. The Hall–Kier alpha value is -1.70. The first-order chi connectivity index (χ1) is 12.7. The van der Waals surface area contributed by atoms with E-state index in [0.717, 1.165) is 69.3 Å². The van der Waals surface area contributed by atoms with Crippen LogP contribution in [0.25, 0.3) is 0 Å². The number of piperidine rings is 1. The molecule has 1 fully saturated rings. The van der Waals surface area contributed by atoms with E-state index in [1.807, 2.05) is 13.0 Å². The van der Waals surface area contributed by atoms with Gasteiger partial charge in [-0.05, 0) is 50.6 Å². The third-order valence-corrected chi connectivity index (χ3v) is 5.31. The second kappa shape index (κ2) is 8.99. The summed E-state index contributed by atoms with van der Waals surface area (Å²) in [6.07, 6.45) is 2.15. The molecule has 0 unspecified atom stereocenters. The Labute approximate surface area is 165 Å². The van der Waals surface area contributed by atoms with Crippen molar-refractivity contribution in [3.8, 4) is 5.75 Å². The molecule has 1 aromatic heterocycles. The third kappa shape index (κ3) is 4.42. The van der Waals surface area contributed by atoms with Crippen LogP contribution < -0.4 is 10.1 Å². The maximum atomic E-state index is 14.0. The van der Waals surface area contributed by atoms with Crippen LogP contribution in [0.2, 0.25) is 0 Å². The number of aromatic nitrogens is 3. The van der Waals surface area contributed by atoms with Crippen molar-refractivity contribution in [2.24, 2.45) is 0 Å². The number of hydrogen-bond donors (Lipinski definition) is 1. The minimum absolute atomic E-state index is 0. The topological polar surface area (TPSA) is 55.2 Å². The van der Waals surface area contributed by atoms with E-state index >= 15 is 0 Å². The maximum absolute atomic E-state index is 14.0. The first-order valence-corrected chi connectivity index (χ1v) is 9.51. The van der Waals surface area contributed by atoms with Gasteiger partial charge in [0.1, 0.15) is 11.6 Å². The summed E-state index contributed by atoms with van der Waals surface area (Å²) in [6.45, 7) is 7.88. The molecule has 0 spiro atoms. The average Bonchev–Trinajstić information content (AvgIpc) is 3.09. The molecule has 8 heteroatoms. The summed E-state index contributed by atoms with van der Waals surface area (Å²) in [5.74, 6) is 2.73. The van der Waals surface area contributed by atoms with E-state index in [4.69, 9.17) is 4.74 Å². The molecule has 4 rings (SSSR count). The fourth-order valence-electron chi connectivity index (χ4n) is 3.94. The van der Waals surface area contributed by atoms with Crippen molar-refractivity contribution < 1.29 is 9.13 Å². The lowest BCUT2D eigenvalue weighted by Gasteiger charge is -2.32. The van der Waals surface area contributed by atoms with Crippen molar-refractivity contribution >= 4 is 12.4 Å². The van der Waals surface area contributed by atoms with Crippen LogP contribution >= 0.6 is 12.4 Å². The number of benzene rings is 1. The number of nitrogens with one attached hydrogen (secondary N) is 1. The number of ether oxygens (including phenoxy) is 1. The summed E-state index contributed by atoms with van der Waals surface area (Å²) in [4.78, 5) is 2.39. The van der Waals surface area contributed by atoms with Crippen LogP contribution in [0, 0.1) is 5.82 Å². The van der Waals surface area contributed by atoms with Gasteiger partial charge in [-0.3, -0.25) is 4.90 Å². The van der Waals surface area contributed by atoms with Crippen molar-refractivity contribution in [1.29, 1.82) is 0 Å². The minimum atomic E-state index is -0.275. The van der Waals surface area contributed by atoms with Crippen LogP contribution in [-0.4, -0.2) is 45.9 Å². The van der Waals surface area contributed by atoms with Gasteiger partial charge in [0.2, 0.25) is 0 Å². The number of likely N-dealkylation sites (tertiary alicyclic amines) is 1. The zero-order valence-corrected chi connectivity index (χ0v) is 16.5. The summed E-state index contributed by atoms with van der Waals surface area (Å²) in [7, 11) is 0. The van der Waals surface area contributed by atoms with Crippen LogP contribution in [0.1, 0.15) is 42.9 Å². The van der Waals surface area contributed by atoms with Gasteiger partial charge in [0, 0.05) is 25.6 Å². The van der Waals surface area contributed by atoms with Gasteiger partial charge < -0.3 is 14.6 Å². The molecular weight excluding hydrogens is 369 g/mol. The van der Waals surface area contributed by atoms with Crippen LogP contribution in [-0.2, 0) is 19.6 Å². The van der Waals surface area contributed by atoms with Crippen LogP contribution in [0.4, 0.5) is 4.39 Å². The molecule has 1 saturated heterocycles. The smallest absolute Gasteiger partial charge is 0.165 e. The summed E-state index contributed by atoms with van der Waals surface area (Å²) >= 11 is 0. The van der Waals surface area contributed by atoms with Crippen molar-refractivity contribution in [2.45, 2.75) is 45.3 Å². The zero-order valence-electron chi connectivity index (χ0n) is 15.7. The van der Waals surface area contributed by atoms with Gasteiger partial charge in [-0.15, -0.1) is 22.6 Å². The van der Waals surface area contributed by atoms with Crippen LogP contribution in [0.5, 0.6) is 5.75 Å². The number of hydrogen-bond acceptors (Lipinski definition) is 5. The predicted molar refractivity (Wildman–Crippen MR) is 104 cm³/mol. The molecule has 0 aliphatic carbocycles. The Kier molecular flexibility index (Phi) is 6.68. The number of rotatable bonds is 5. The normalized spacial score (nSPS) is 18.0. The summed E-state index contributed by atoms with van der Waals surface area (Å²) < 4.78 is 21.6. The van der Waals surface area contributed by atoms with Gasteiger partial charge in [0.15, 0.2) is 11.6 Å². The molecule has 27 heavy (non-hydrogen) atoms. The minimum Gasteiger partial charge on any atom is -0.491 e. The predicted octanol–water partition coefficient (Wildman–Crippen LogP) is 2.72. The lowest BCUT2D eigenvalue weighted by Crippen LogP contribution is -2.34. The fraction of sp³-hybridized carbons (Fsp3) is 0.579. The maximum Gasteiger partial charge on any atom is 0.165 e. The Bertz CT molecular complexity index is 761. The van der Waals surface area contributed by atoms with Gasteiger partial charge in [-0.25, -0.2) is 4.39 Å². The highest BCUT2D eigenvalue weighted by Gasteiger charge is 2.27. The molecule has 2 aliphatic heterocycles. The molecule has 2 aromatic rings. The highest BCUT2D eigenvalue weighted by Crippen LogP contribution is 2.29. The van der Waals surface area contributed by atoms with E-state index < -0.39 is 0 Å². The summed E-state index contributed by atoms with van der Waals surface area (Å²) in [5.41, 5.74) is 0.996. The number of fused-ring (bicyclic) bond motifs is 1. The molecule has 0 saturated carbocycles. The largest absolute Gasteiger partial charge is 0.491 e. The lowest BCUT2D eigenvalue weighted by molar-refractivity contribution is 0.199. The van der Waals surface area contributed by atoms with Crippen molar-refractivity contribution in [1.82, 2.24) is 25.0 Å². The summed E-state index contributed by atoms with van der Waals surface area (Å²) in [5, 5.41) is 12.1. The third-order valence-electron chi connectivity index (χ3n) is 5.31. The van der Waals surface area contributed by atoms with E-state index in [9.17, 15) is 4.39 Å². The molecule has 1 N–H and O–H groups in total. The van der Waals surface area contributed by atoms with Crippen LogP contribution in [0.3, 0.4) is 0 Å². The molecule has 0 atom stereocenters. The van der Waals surface area contributed by atoms with Crippen molar-refractivity contribution in [3.05, 3.63) is 41.2 Å². The summed E-state index contributed by atoms with van der Waals surface area (Å²) in [6, 6.07) is 5.29. The molecule has 1 aromatic carbocycles. The van der Waals surface area contributed by atoms with Crippen molar-refractivity contribution in [3.63, 3.8) is 0 Å². The Balaban J connectivity index is 0.00000210. The Morgan fingerprint density at radius 2 is 2.04 bits per heavy atom. The Morgan fingerprint density at radius 1 is 1.22 bits per heavy atom. The quantitative estimate of drug-likeness (QED) is 0.843. The highest BCUT2D eigenvalue weighted by atomic mass is 35.5. The average molecular weight is 396 g/mol. The fourth-order valence-corrected chi connectivity index (χ4v) is 3.94. The second-order valence-corrected chi connectivity index (χ2v) is 7.05. The van der Waals surface area contributed by atoms with Crippen molar-refractivity contribution in [2.75, 3.05) is 26.2 Å². The van der Waals surface area contributed by atoms with Gasteiger partial charge in [0.25, 0.3) is 0 Å². The molecule has 0 radical (unpaired) electrons. The standard InChI is InChI=1S/C19H26FN5O.ClH/c1-2-26-17-4-3-14(11-16(17)20)13-24-8-5-15(6-9-24)19-23-22-18-12-21-7-10-25(18)19;/h3-4,11,15,21H,2,5-10,12-13H2,1H3;1H. The second-order valence-electron chi connectivity index (χ2n) is 7.05. The van der Waals surface area contributed by atoms with E-state index in [0.29, 0.717) is 18.3 Å². The zero-order chi connectivity index (χ0) is 17.9. The number of nitrogens with zero attached hydrogens (tertiary/aromatic N) is 4. The van der Waals surface area contributed by atoms with Gasteiger partial charge in [-0.1, -0.05) is 6.07 Å². The van der Waals surface area contributed by atoms with E-state index in [-0.39, 0.29) is 18.2 Å². The monoisotopic (exact) mass is 395 g/mol. The highest BCUT2D eigenvalue weighted by molar-refractivity contribution is 5.85. The van der Waals surface area contributed by atoms with Gasteiger partial charge >= 0.3 is 0 Å². The molecule has 6 nitrogen and oxygen atoms in total. The molecule has 2 aliphatic rings.